The Morgan fingerprint density at radius 1 is 1.29 bits per heavy atom. The molecule has 1 aromatic heterocycles. The van der Waals surface area contributed by atoms with Crippen LogP contribution < -0.4 is 5.73 Å². The van der Waals surface area contributed by atoms with Gasteiger partial charge < -0.3 is 5.73 Å². The number of nitrogens with two attached hydrogens (primary N) is 1. The zero-order valence-electron chi connectivity index (χ0n) is 12.2. The Balaban J connectivity index is 2.35. The average molecular weight is 324 g/mol. The van der Waals surface area contributed by atoms with Crippen molar-refractivity contribution in [3.63, 3.8) is 0 Å². The molecule has 1 heterocycles. The maximum absolute atomic E-state index is 12.8. The molecule has 0 unspecified atom stereocenters. The molecule has 6 heteroatoms. The van der Waals surface area contributed by atoms with E-state index in [9.17, 15) is 8.42 Å². The molecule has 0 bridgehead atoms. The molecule has 0 amide bonds. The predicted molar refractivity (Wildman–Crippen MR) is 86.7 cm³/mol. The van der Waals surface area contributed by atoms with Gasteiger partial charge in [-0.15, -0.1) is 11.3 Å². The summed E-state index contributed by atoms with van der Waals surface area (Å²) in [6, 6.07) is 9.03. The van der Waals surface area contributed by atoms with Gasteiger partial charge in [0.25, 0.3) is 0 Å². The lowest BCUT2D eigenvalue weighted by atomic mass is 10.1. The van der Waals surface area contributed by atoms with Crippen molar-refractivity contribution in [2.24, 2.45) is 5.73 Å². The summed E-state index contributed by atoms with van der Waals surface area (Å²) < 4.78 is 27.0. The third-order valence-electron chi connectivity index (χ3n) is 3.44. The highest BCUT2D eigenvalue weighted by Crippen LogP contribution is 2.22. The highest BCUT2D eigenvalue weighted by molar-refractivity contribution is 7.89. The molecule has 0 atom stereocenters. The van der Waals surface area contributed by atoms with Crippen LogP contribution in [0.4, 0.5) is 0 Å². The summed E-state index contributed by atoms with van der Waals surface area (Å²) in [6.07, 6.45) is 0. The fourth-order valence-corrected chi connectivity index (χ4v) is 4.40. The van der Waals surface area contributed by atoms with Gasteiger partial charge in [-0.25, -0.2) is 8.42 Å². The van der Waals surface area contributed by atoms with Crippen molar-refractivity contribution in [1.29, 1.82) is 0 Å². The van der Waals surface area contributed by atoms with E-state index in [4.69, 9.17) is 5.73 Å². The van der Waals surface area contributed by atoms with Gasteiger partial charge in [-0.05, 0) is 41.6 Å². The second-order valence-corrected chi connectivity index (χ2v) is 7.77. The lowest BCUT2D eigenvalue weighted by molar-refractivity contribution is 0.426. The minimum absolute atomic E-state index is 0.312. The molecule has 2 aromatic rings. The number of sulfonamides is 1. The lowest BCUT2D eigenvalue weighted by Crippen LogP contribution is -2.30. The molecule has 0 aliphatic heterocycles. The van der Waals surface area contributed by atoms with Gasteiger partial charge >= 0.3 is 0 Å². The molecule has 0 aliphatic rings. The van der Waals surface area contributed by atoms with Crippen molar-refractivity contribution >= 4 is 21.4 Å². The van der Waals surface area contributed by atoms with Crippen LogP contribution in [0, 0.1) is 6.92 Å². The lowest BCUT2D eigenvalue weighted by Gasteiger charge is -2.20. The minimum Gasteiger partial charge on any atom is -0.326 e. The highest BCUT2D eigenvalue weighted by atomic mass is 32.2. The number of aryl methyl sites for hydroxylation is 1. The van der Waals surface area contributed by atoms with Gasteiger partial charge in [0.15, 0.2) is 0 Å². The van der Waals surface area contributed by atoms with Crippen molar-refractivity contribution < 1.29 is 8.42 Å². The standard InChI is InChI=1S/C15H20N2O2S2/c1-3-17(11-14-5-4-8-20-14)21(18,19)15-7-6-12(2)13(9-15)10-16/h4-9H,3,10-11,16H2,1-2H3. The third kappa shape index (κ3) is 3.52. The summed E-state index contributed by atoms with van der Waals surface area (Å²) in [6.45, 7) is 4.96. The maximum Gasteiger partial charge on any atom is 0.243 e. The molecule has 114 valence electrons. The van der Waals surface area contributed by atoms with Crippen LogP contribution in [0.3, 0.4) is 0 Å². The van der Waals surface area contributed by atoms with Crippen LogP contribution in [0.5, 0.6) is 0 Å². The van der Waals surface area contributed by atoms with E-state index in [-0.39, 0.29) is 0 Å². The van der Waals surface area contributed by atoms with Crippen LogP contribution in [-0.2, 0) is 23.1 Å². The maximum atomic E-state index is 12.8. The van der Waals surface area contributed by atoms with Gasteiger partial charge in [0, 0.05) is 24.5 Å². The van der Waals surface area contributed by atoms with Crippen LogP contribution in [0.15, 0.2) is 40.6 Å². The Kier molecular flexibility index (Phi) is 5.16. The molecule has 0 fully saturated rings. The monoisotopic (exact) mass is 324 g/mol. The van der Waals surface area contributed by atoms with Gasteiger partial charge in [0.2, 0.25) is 10.0 Å². The first-order valence-electron chi connectivity index (χ1n) is 6.81. The summed E-state index contributed by atoms with van der Waals surface area (Å²) in [5.41, 5.74) is 7.55. The van der Waals surface area contributed by atoms with E-state index in [1.165, 1.54) is 4.31 Å². The Hall–Kier alpha value is -1.21. The Morgan fingerprint density at radius 3 is 2.62 bits per heavy atom. The van der Waals surface area contributed by atoms with E-state index < -0.39 is 10.0 Å². The van der Waals surface area contributed by atoms with Crippen LogP contribution in [0.25, 0.3) is 0 Å². The number of hydrogen-bond acceptors (Lipinski definition) is 4. The van der Waals surface area contributed by atoms with E-state index in [0.717, 1.165) is 16.0 Å². The third-order valence-corrected chi connectivity index (χ3v) is 6.22. The van der Waals surface area contributed by atoms with E-state index in [1.807, 2.05) is 37.4 Å². The normalized spacial score (nSPS) is 12.0. The average Bonchev–Trinajstić information content (AvgIpc) is 2.97. The molecule has 21 heavy (non-hydrogen) atoms. The Bertz CT molecular complexity index is 694. The van der Waals surface area contributed by atoms with Crippen LogP contribution in [0.1, 0.15) is 22.9 Å². The van der Waals surface area contributed by atoms with E-state index in [1.54, 1.807) is 23.5 Å². The predicted octanol–water partition coefficient (Wildman–Crippen LogP) is 2.73. The second kappa shape index (κ2) is 6.70. The Morgan fingerprint density at radius 2 is 2.05 bits per heavy atom. The number of nitrogens with zero attached hydrogens (tertiary/aromatic N) is 1. The summed E-state index contributed by atoms with van der Waals surface area (Å²) in [5, 5.41) is 1.95. The highest BCUT2D eigenvalue weighted by Gasteiger charge is 2.24. The van der Waals surface area contributed by atoms with Crippen molar-refractivity contribution in [2.45, 2.75) is 31.8 Å². The number of thiophene rings is 1. The first-order chi connectivity index (χ1) is 9.98. The number of benzene rings is 1. The summed E-state index contributed by atoms with van der Waals surface area (Å²) in [5.74, 6) is 0. The van der Waals surface area contributed by atoms with Gasteiger partial charge in [0.1, 0.15) is 0 Å². The molecule has 4 nitrogen and oxygen atoms in total. The van der Waals surface area contributed by atoms with Gasteiger partial charge in [-0.2, -0.15) is 4.31 Å². The first kappa shape index (κ1) is 16.2. The van der Waals surface area contributed by atoms with Crippen LogP contribution in [-0.4, -0.2) is 19.3 Å². The van der Waals surface area contributed by atoms with Crippen molar-refractivity contribution in [3.8, 4) is 0 Å². The fraction of sp³-hybridized carbons (Fsp3) is 0.333. The largest absolute Gasteiger partial charge is 0.326 e. The second-order valence-electron chi connectivity index (χ2n) is 4.80. The van der Waals surface area contributed by atoms with Crippen molar-refractivity contribution in [2.75, 3.05) is 6.54 Å². The van der Waals surface area contributed by atoms with E-state index in [2.05, 4.69) is 0 Å². The first-order valence-corrected chi connectivity index (χ1v) is 9.13. The Labute approximate surface area is 130 Å². The van der Waals surface area contributed by atoms with E-state index >= 15 is 0 Å². The zero-order chi connectivity index (χ0) is 15.5. The topological polar surface area (TPSA) is 63.4 Å². The molecule has 2 N–H and O–H groups in total. The molecule has 0 saturated heterocycles. The zero-order valence-corrected chi connectivity index (χ0v) is 13.9. The molecule has 1 aromatic carbocycles. The van der Waals surface area contributed by atoms with Crippen molar-refractivity contribution in [3.05, 3.63) is 51.7 Å². The number of rotatable bonds is 6. The quantitative estimate of drug-likeness (QED) is 0.888. The van der Waals surface area contributed by atoms with Gasteiger partial charge in [-0.1, -0.05) is 19.1 Å². The smallest absolute Gasteiger partial charge is 0.243 e. The summed E-state index contributed by atoms with van der Waals surface area (Å²) in [7, 11) is -3.49. The summed E-state index contributed by atoms with van der Waals surface area (Å²) >= 11 is 1.56. The van der Waals surface area contributed by atoms with E-state index in [0.29, 0.717) is 24.5 Å². The molecule has 0 saturated carbocycles. The van der Waals surface area contributed by atoms with Crippen LogP contribution in [0.2, 0.25) is 0 Å². The number of hydrogen-bond donors (Lipinski definition) is 1. The van der Waals surface area contributed by atoms with Crippen molar-refractivity contribution in [1.82, 2.24) is 4.31 Å². The van der Waals surface area contributed by atoms with Gasteiger partial charge in [0.05, 0.1) is 4.90 Å². The molecular formula is C15H20N2O2S2. The van der Waals surface area contributed by atoms with Crippen LogP contribution >= 0.6 is 11.3 Å². The molecule has 0 aliphatic carbocycles. The summed E-state index contributed by atoms with van der Waals surface area (Å²) in [4.78, 5) is 1.35. The molecular weight excluding hydrogens is 304 g/mol. The minimum atomic E-state index is -3.49. The molecule has 0 spiro atoms. The molecule has 2 rings (SSSR count). The molecule has 0 radical (unpaired) electrons. The fourth-order valence-electron chi connectivity index (χ4n) is 2.12. The SMILES string of the molecule is CCN(Cc1cccs1)S(=O)(=O)c1ccc(C)c(CN)c1. The van der Waals surface area contributed by atoms with Gasteiger partial charge in [-0.3, -0.25) is 0 Å².